The van der Waals surface area contributed by atoms with Crippen molar-refractivity contribution in [1.29, 1.82) is 0 Å². The summed E-state index contributed by atoms with van der Waals surface area (Å²) in [6.45, 7) is 16.1. The van der Waals surface area contributed by atoms with Crippen LogP contribution in [0.5, 0.6) is 0 Å². The quantitative estimate of drug-likeness (QED) is 0.864. The minimum atomic E-state index is -0.211. The number of methoxy groups -OCH3 is 1. The molecule has 20 heavy (non-hydrogen) atoms. The van der Waals surface area contributed by atoms with Gasteiger partial charge >= 0.3 is 0 Å². The Morgan fingerprint density at radius 1 is 1.25 bits per heavy atom. The van der Waals surface area contributed by atoms with Crippen LogP contribution in [0.25, 0.3) is 0 Å². The standard InChI is InChI=1S/C16H30N2OS/c1-11(2)16(10-19-8,18-12(3)4)14-17-13(9-20-14)15(5,6)7/h9,11-12,18H,10H2,1-8H3. The van der Waals surface area contributed by atoms with Gasteiger partial charge < -0.3 is 10.1 Å². The van der Waals surface area contributed by atoms with Crippen molar-refractivity contribution in [2.45, 2.75) is 65.5 Å². The van der Waals surface area contributed by atoms with Crippen LogP contribution < -0.4 is 5.32 Å². The first kappa shape index (κ1) is 17.6. The van der Waals surface area contributed by atoms with E-state index in [1.165, 1.54) is 0 Å². The topological polar surface area (TPSA) is 34.1 Å². The summed E-state index contributed by atoms with van der Waals surface area (Å²) in [5.74, 6) is 0.406. The fourth-order valence-electron chi connectivity index (χ4n) is 2.31. The molecule has 4 heteroatoms. The van der Waals surface area contributed by atoms with Crippen LogP contribution >= 0.6 is 11.3 Å². The van der Waals surface area contributed by atoms with E-state index in [0.29, 0.717) is 18.6 Å². The van der Waals surface area contributed by atoms with Gasteiger partial charge in [-0.15, -0.1) is 11.3 Å². The molecule has 1 heterocycles. The molecule has 1 rings (SSSR count). The van der Waals surface area contributed by atoms with Crippen molar-refractivity contribution in [2.75, 3.05) is 13.7 Å². The fourth-order valence-corrected chi connectivity index (χ4v) is 3.66. The molecule has 0 aliphatic heterocycles. The monoisotopic (exact) mass is 298 g/mol. The molecule has 0 amide bonds. The van der Waals surface area contributed by atoms with Crippen molar-refractivity contribution < 1.29 is 4.74 Å². The Kier molecular flexibility index (Phi) is 5.76. The highest BCUT2D eigenvalue weighted by Gasteiger charge is 2.39. The second-order valence-corrected chi connectivity index (χ2v) is 8.00. The number of rotatable bonds is 6. The third-order valence-electron chi connectivity index (χ3n) is 3.56. The van der Waals surface area contributed by atoms with Gasteiger partial charge in [-0.25, -0.2) is 4.98 Å². The van der Waals surface area contributed by atoms with Gasteiger partial charge in [0.25, 0.3) is 0 Å². The predicted octanol–water partition coefficient (Wildman–Crippen LogP) is 3.94. The highest BCUT2D eigenvalue weighted by molar-refractivity contribution is 7.09. The van der Waals surface area contributed by atoms with Crippen LogP contribution in [0, 0.1) is 5.92 Å². The van der Waals surface area contributed by atoms with E-state index < -0.39 is 0 Å². The maximum Gasteiger partial charge on any atom is 0.116 e. The maximum absolute atomic E-state index is 5.52. The molecule has 0 aromatic carbocycles. The Morgan fingerprint density at radius 3 is 2.20 bits per heavy atom. The molecule has 0 aliphatic rings. The molecule has 0 saturated carbocycles. The molecule has 1 aromatic rings. The van der Waals surface area contributed by atoms with E-state index in [1.54, 1.807) is 18.4 Å². The van der Waals surface area contributed by atoms with Crippen LogP contribution in [-0.4, -0.2) is 24.7 Å². The van der Waals surface area contributed by atoms with E-state index in [9.17, 15) is 0 Å². The van der Waals surface area contributed by atoms with Crippen LogP contribution in [0.2, 0.25) is 0 Å². The first-order chi connectivity index (χ1) is 9.13. The fraction of sp³-hybridized carbons (Fsp3) is 0.812. The zero-order chi connectivity index (χ0) is 15.6. The van der Waals surface area contributed by atoms with Crippen molar-refractivity contribution in [3.63, 3.8) is 0 Å². The molecule has 0 spiro atoms. The van der Waals surface area contributed by atoms with E-state index in [-0.39, 0.29) is 11.0 Å². The van der Waals surface area contributed by atoms with Crippen LogP contribution in [0.4, 0.5) is 0 Å². The Morgan fingerprint density at radius 2 is 1.85 bits per heavy atom. The van der Waals surface area contributed by atoms with Crippen molar-refractivity contribution in [2.24, 2.45) is 5.92 Å². The third kappa shape index (κ3) is 3.80. The number of nitrogens with one attached hydrogen (secondary N) is 1. The molecule has 1 aromatic heterocycles. The SMILES string of the molecule is COCC(NC(C)C)(c1nc(C(C)(C)C)cs1)C(C)C. The highest BCUT2D eigenvalue weighted by Crippen LogP contribution is 2.35. The Bertz CT molecular complexity index is 420. The van der Waals surface area contributed by atoms with Crippen molar-refractivity contribution >= 4 is 11.3 Å². The predicted molar refractivity (Wildman–Crippen MR) is 87.5 cm³/mol. The third-order valence-corrected chi connectivity index (χ3v) is 4.58. The normalized spacial score (nSPS) is 15.9. The second kappa shape index (κ2) is 6.54. The molecule has 1 N–H and O–H groups in total. The van der Waals surface area contributed by atoms with Gasteiger partial charge in [-0.2, -0.15) is 0 Å². The summed E-state index contributed by atoms with van der Waals surface area (Å²) in [6.07, 6.45) is 0. The van der Waals surface area contributed by atoms with Gasteiger partial charge in [-0.3, -0.25) is 0 Å². The lowest BCUT2D eigenvalue weighted by atomic mass is 9.86. The molecule has 116 valence electrons. The molecule has 3 nitrogen and oxygen atoms in total. The van der Waals surface area contributed by atoms with Gasteiger partial charge in [-0.1, -0.05) is 34.6 Å². The van der Waals surface area contributed by atoms with Crippen LogP contribution in [0.15, 0.2) is 5.38 Å². The lowest BCUT2D eigenvalue weighted by Crippen LogP contribution is -2.53. The molecule has 0 aliphatic carbocycles. The minimum Gasteiger partial charge on any atom is -0.382 e. The number of hydrogen-bond donors (Lipinski definition) is 1. The average Bonchev–Trinajstić information content (AvgIpc) is 2.76. The molecule has 1 unspecified atom stereocenters. The van der Waals surface area contributed by atoms with E-state index in [4.69, 9.17) is 9.72 Å². The van der Waals surface area contributed by atoms with E-state index >= 15 is 0 Å². The number of nitrogens with zero attached hydrogens (tertiary/aromatic N) is 1. The number of aromatic nitrogens is 1. The smallest absolute Gasteiger partial charge is 0.116 e. The number of hydrogen-bond acceptors (Lipinski definition) is 4. The zero-order valence-corrected chi connectivity index (χ0v) is 15.0. The lowest BCUT2D eigenvalue weighted by Gasteiger charge is -2.38. The Hall–Kier alpha value is -0.450. The largest absolute Gasteiger partial charge is 0.382 e. The van der Waals surface area contributed by atoms with Gasteiger partial charge in [0.1, 0.15) is 5.01 Å². The molecular formula is C16H30N2OS. The molecular weight excluding hydrogens is 268 g/mol. The highest BCUT2D eigenvalue weighted by atomic mass is 32.1. The Balaban J connectivity index is 3.25. The van der Waals surface area contributed by atoms with Crippen LogP contribution in [0.1, 0.15) is 59.2 Å². The first-order valence-corrected chi connectivity index (χ1v) is 8.24. The van der Waals surface area contributed by atoms with Crippen LogP contribution in [-0.2, 0) is 15.7 Å². The number of thiazole rings is 1. The van der Waals surface area contributed by atoms with Crippen LogP contribution in [0.3, 0.4) is 0 Å². The van der Waals surface area contributed by atoms with E-state index in [1.807, 2.05) is 0 Å². The van der Waals surface area contributed by atoms with Gasteiger partial charge in [0.05, 0.1) is 17.8 Å². The lowest BCUT2D eigenvalue weighted by molar-refractivity contribution is 0.0696. The van der Waals surface area contributed by atoms with Crippen molar-refractivity contribution in [3.8, 4) is 0 Å². The molecule has 0 radical (unpaired) electrons. The first-order valence-electron chi connectivity index (χ1n) is 7.36. The summed E-state index contributed by atoms with van der Waals surface area (Å²) in [5, 5.41) is 7.01. The maximum atomic E-state index is 5.52. The van der Waals surface area contributed by atoms with Gasteiger partial charge in [0, 0.05) is 23.9 Å². The number of ether oxygens (including phenoxy) is 1. The van der Waals surface area contributed by atoms with Gasteiger partial charge in [-0.05, 0) is 19.8 Å². The minimum absolute atomic E-state index is 0.0857. The average molecular weight is 298 g/mol. The summed E-state index contributed by atoms with van der Waals surface area (Å²) in [6, 6.07) is 0.384. The van der Waals surface area contributed by atoms with E-state index in [2.05, 4.69) is 59.2 Å². The van der Waals surface area contributed by atoms with Gasteiger partial charge in [0.15, 0.2) is 0 Å². The molecule has 0 bridgehead atoms. The van der Waals surface area contributed by atoms with E-state index in [0.717, 1.165) is 10.7 Å². The summed E-state index contributed by atoms with van der Waals surface area (Å²) in [7, 11) is 1.76. The summed E-state index contributed by atoms with van der Waals surface area (Å²) >= 11 is 1.74. The molecule has 0 fully saturated rings. The van der Waals surface area contributed by atoms with Gasteiger partial charge in [0.2, 0.25) is 0 Å². The summed E-state index contributed by atoms with van der Waals surface area (Å²) < 4.78 is 5.52. The Labute approximate surface area is 128 Å². The summed E-state index contributed by atoms with van der Waals surface area (Å²) in [5.41, 5.74) is 1.03. The molecule has 0 saturated heterocycles. The summed E-state index contributed by atoms with van der Waals surface area (Å²) in [4.78, 5) is 4.92. The van der Waals surface area contributed by atoms with Crippen molar-refractivity contribution in [3.05, 3.63) is 16.1 Å². The second-order valence-electron chi connectivity index (χ2n) is 7.15. The van der Waals surface area contributed by atoms with Crippen molar-refractivity contribution in [1.82, 2.24) is 10.3 Å². The zero-order valence-electron chi connectivity index (χ0n) is 14.2. The molecule has 1 atom stereocenters.